The van der Waals surface area contributed by atoms with Gasteiger partial charge in [-0.3, -0.25) is 4.79 Å². The first-order chi connectivity index (χ1) is 13.7. The Kier molecular flexibility index (Phi) is 5.62. The summed E-state index contributed by atoms with van der Waals surface area (Å²) >= 11 is 0. The van der Waals surface area contributed by atoms with Crippen molar-refractivity contribution in [2.24, 2.45) is 5.92 Å². The van der Waals surface area contributed by atoms with Crippen LogP contribution in [0.3, 0.4) is 0 Å². The third-order valence-corrected chi connectivity index (χ3v) is 4.99. The molecular weight excluding hydrogens is 360 g/mol. The molecule has 0 spiro atoms. The molecule has 1 atom stereocenters. The number of nitrogens with one attached hydrogen (secondary N) is 1. The first kappa shape index (κ1) is 18.6. The molecule has 1 N–H and O–H groups in total. The highest BCUT2D eigenvalue weighted by atomic mass is 16.6. The fourth-order valence-electron chi connectivity index (χ4n) is 3.43. The molecule has 3 heterocycles. The van der Waals surface area contributed by atoms with Crippen LogP contribution >= 0.6 is 0 Å². The van der Waals surface area contributed by atoms with Crippen molar-refractivity contribution in [1.29, 1.82) is 0 Å². The number of carbonyl (C=O) groups excluding carboxylic acids is 1. The Morgan fingerprint density at radius 3 is 2.86 bits per heavy atom. The van der Waals surface area contributed by atoms with Crippen molar-refractivity contribution >= 4 is 5.91 Å². The number of hydrogen-bond acceptors (Lipinski definition) is 6. The van der Waals surface area contributed by atoms with Crippen molar-refractivity contribution in [3.8, 4) is 28.6 Å². The smallest absolute Gasteiger partial charge is 0.223 e. The van der Waals surface area contributed by atoms with Crippen LogP contribution in [0, 0.1) is 5.92 Å². The molecule has 4 rings (SSSR count). The van der Waals surface area contributed by atoms with Gasteiger partial charge >= 0.3 is 0 Å². The SMILES string of the molecule is COc1cccc(-c2cccc3c2OC(CNC(=O)C2CCOCC2)CO3)n1. The molecule has 1 saturated heterocycles. The summed E-state index contributed by atoms with van der Waals surface area (Å²) in [5, 5.41) is 3.00. The maximum atomic E-state index is 12.4. The zero-order chi connectivity index (χ0) is 19.3. The van der Waals surface area contributed by atoms with Crippen LogP contribution in [0.15, 0.2) is 36.4 Å². The van der Waals surface area contributed by atoms with E-state index in [-0.39, 0.29) is 17.9 Å². The van der Waals surface area contributed by atoms with Gasteiger partial charge in [-0.25, -0.2) is 4.98 Å². The number of para-hydroxylation sites is 1. The lowest BCUT2D eigenvalue weighted by Gasteiger charge is -2.29. The van der Waals surface area contributed by atoms with Gasteiger partial charge in [-0.1, -0.05) is 12.1 Å². The first-order valence-corrected chi connectivity index (χ1v) is 9.54. The molecule has 148 valence electrons. The van der Waals surface area contributed by atoms with Gasteiger partial charge in [0.25, 0.3) is 0 Å². The highest BCUT2D eigenvalue weighted by Gasteiger charge is 2.27. The van der Waals surface area contributed by atoms with Crippen LogP contribution in [0.5, 0.6) is 17.4 Å². The van der Waals surface area contributed by atoms with E-state index in [9.17, 15) is 4.79 Å². The van der Waals surface area contributed by atoms with Gasteiger partial charge in [0, 0.05) is 30.8 Å². The van der Waals surface area contributed by atoms with Crippen LogP contribution < -0.4 is 19.5 Å². The van der Waals surface area contributed by atoms with E-state index in [2.05, 4.69) is 10.3 Å². The van der Waals surface area contributed by atoms with Crippen molar-refractivity contribution in [1.82, 2.24) is 10.3 Å². The third-order valence-electron chi connectivity index (χ3n) is 4.99. The fourth-order valence-corrected chi connectivity index (χ4v) is 3.43. The Hall–Kier alpha value is -2.80. The van der Waals surface area contributed by atoms with Gasteiger partial charge < -0.3 is 24.3 Å². The predicted octanol–water partition coefficient (Wildman–Crippen LogP) is 2.44. The van der Waals surface area contributed by atoms with Crippen LogP contribution in [0.4, 0.5) is 0 Å². The third kappa shape index (κ3) is 4.04. The quantitative estimate of drug-likeness (QED) is 0.853. The van der Waals surface area contributed by atoms with Crippen molar-refractivity contribution in [2.45, 2.75) is 18.9 Å². The molecule has 1 fully saturated rings. The van der Waals surface area contributed by atoms with Crippen LogP contribution in [-0.2, 0) is 9.53 Å². The van der Waals surface area contributed by atoms with E-state index in [1.165, 1.54) is 0 Å². The van der Waals surface area contributed by atoms with Crippen molar-refractivity contribution in [2.75, 3.05) is 33.5 Å². The Morgan fingerprint density at radius 2 is 2.04 bits per heavy atom. The molecule has 7 heteroatoms. The van der Waals surface area contributed by atoms with E-state index < -0.39 is 0 Å². The second-order valence-electron chi connectivity index (χ2n) is 6.88. The minimum absolute atomic E-state index is 0.0158. The summed E-state index contributed by atoms with van der Waals surface area (Å²) in [6, 6.07) is 11.3. The molecule has 2 aliphatic rings. The molecule has 7 nitrogen and oxygen atoms in total. The van der Waals surface area contributed by atoms with E-state index in [1.54, 1.807) is 13.2 Å². The lowest BCUT2D eigenvalue weighted by atomic mass is 9.99. The number of fused-ring (bicyclic) bond motifs is 1. The zero-order valence-corrected chi connectivity index (χ0v) is 15.8. The van der Waals surface area contributed by atoms with Crippen LogP contribution in [0.2, 0.25) is 0 Å². The van der Waals surface area contributed by atoms with E-state index in [0.29, 0.717) is 43.7 Å². The molecule has 1 aromatic heterocycles. The van der Waals surface area contributed by atoms with Gasteiger partial charge in [0.2, 0.25) is 11.8 Å². The molecule has 2 aliphatic heterocycles. The number of amides is 1. The van der Waals surface area contributed by atoms with Gasteiger partial charge in [-0.05, 0) is 31.0 Å². The first-order valence-electron chi connectivity index (χ1n) is 9.54. The summed E-state index contributed by atoms with van der Waals surface area (Å²) in [5.74, 6) is 1.92. The number of ether oxygens (including phenoxy) is 4. The average Bonchev–Trinajstić information content (AvgIpc) is 2.77. The Balaban J connectivity index is 1.46. The molecule has 0 bridgehead atoms. The Morgan fingerprint density at radius 1 is 1.21 bits per heavy atom. The van der Waals surface area contributed by atoms with Crippen LogP contribution in [-0.4, -0.2) is 50.5 Å². The number of methoxy groups -OCH3 is 1. The number of hydrogen-bond donors (Lipinski definition) is 1. The van der Waals surface area contributed by atoms with Gasteiger partial charge in [0.05, 0.1) is 19.3 Å². The standard InChI is InChI=1S/C21H24N2O5/c1-25-19-7-3-5-17(23-19)16-4-2-6-18-20(16)28-15(13-27-18)12-22-21(24)14-8-10-26-11-9-14/h2-7,14-15H,8-13H2,1H3,(H,22,24). The zero-order valence-electron chi connectivity index (χ0n) is 15.8. The molecule has 1 aromatic carbocycles. The van der Waals surface area contributed by atoms with Gasteiger partial charge in [0.15, 0.2) is 11.5 Å². The summed E-state index contributed by atoms with van der Waals surface area (Å²) < 4.78 is 22.6. The summed E-state index contributed by atoms with van der Waals surface area (Å²) in [6.45, 7) is 2.07. The molecule has 1 amide bonds. The highest BCUT2D eigenvalue weighted by Crippen LogP contribution is 2.40. The van der Waals surface area contributed by atoms with E-state index in [1.807, 2.05) is 30.3 Å². The lowest BCUT2D eigenvalue weighted by Crippen LogP contribution is -2.43. The topological polar surface area (TPSA) is 78.9 Å². The van der Waals surface area contributed by atoms with Crippen molar-refractivity contribution < 1.29 is 23.7 Å². The molecule has 0 aliphatic carbocycles. The number of aromatic nitrogens is 1. The molecule has 28 heavy (non-hydrogen) atoms. The summed E-state index contributed by atoms with van der Waals surface area (Å²) in [5.41, 5.74) is 1.57. The highest BCUT2D eigenvalue weighted by molar-refractivity contribution is 5.78. The van der Waals surface area contributed by atoms with E-state index >= 15 is 0 Å². The number of rotatable bonds is 5. The van der Waals surface area contributed by atoms with Crippen LogP contribution in [0.25, 0.3) is 11.3 Å². The fraction of sp³-hybridized carbons (Fsp3) is 0.429. The molecule has 0 radical (unpaired) electrons. The maximum Gasteiger partial charge on any atom is 0.223 e. The molecule has 2 aromatic rings. The van der Waals surface area contributed by atoms with E-state index in [0.717, 1.165) is 24.1 Å². The second-order valence-corrected chi connectivity index (χ2v) is 6.88. The monoisotopic (exact) mass is 384 g/mol. The molecule has 0 saturated carbocycles. The minimum atomic E-state index is -0.261. The Labute approximate surface area is 164 Å². The summed E-state index contributed by atoms with van der Waals surface area (Å²) in [7, 11) is 1.59. The minimum Gasteiger partial charge on any atom is -0.486 e. The van der Waals surface area contributed by atoms with Crippen LogP contribution in [0.1, 0.15) is 12.8 Å². The number of benzene rings is 1. The number of carbonyl (C=O) groups is 1. The normalized spacial score (nSPS) is 19.1. The van der Waals surface area contributed by atoms with Crippen molar-refractivity contribution in [3.05, 3.63) is 36.4 Å². The largest absolute Gasteiger partial charge is 0.486 e. The predicted molar refractivity (Wildman–Crippen MR) is 103 cm³/mol. The number of nitrogens with zero attached hydrogens (tertiary/aromatic N) is 1. The molecular formula is C21H24N2O5. The Bertz CT molecular complexity index is 835. The van der Waals surface area contributed by atoms with Gasteiger partial charge in [0.1, 0.15) is 12.7 Å². The van der Waals surface area contributed by atoms with E-state index in [4.69, 9.17) is 18.9 Å². The maximum absolute atomic E-state index is 12.4. The summed E-state index contributed by atoms with van der Waals surface area (Å²) in [4.78, 5) is 16.8. The van der Waals surface area contributed by atoms with Gasteiger partial charge in [-0.15, -0.1) is 0 Å². The summed E-state index contributed by atoms with van der Waals surface area (Å²) in [6.07, 6.45) is 1.27. The lowest BCUT2D eigenvalue weighted by molar-refractivity contribution is -0.128. The number of pyridine rings is 1. The van der Waals surface area contributed by atoms with Crippen molar-refractivity contribution in [3.63, 3.8) is 0 Å². The molecule has 1 unspecified atom stereocenters. The van der Waals surface area contributed by atoms with Gasteiger partial charge in [-0.2, -0.15) is 0 Å². The second kappa shape index (κ2) is 8.48. The average molecular weight is 384 g/mol.